The van der Waals surface area contributed by atoms with Crippen LogP contribution in [-0.2, 0) is 9.59 Å². The van der Waals surface area contributed by atoms with Gasteiger partial charge in [0.1, 0.15) is 6.04 Å². The monoisotopic (exact) mass is 373 g/mol. The molecule has 2 saturated heterocycles. The van der Waals surface area contributed by atoms with Gasteiger partial charge in [-0.25, -0.2) is 0 Å². The summed E-state index contributed by atoms with van der Waals surface area (Å²) >= 11 is 1.56. The molecule has 3 rings (SSSR count). The summed E-state index contributed by atoms with van der Waals surface area (Å²) in [6, 6.07) is 9.88. The van der Waals surface area contributed by atoms with Crippen LogP contribution in [0.1, 0.15) is 19.4 Å². The third kappa shape index (κ3) is 4.68. The van der Waals surface area contributed by atoms with E-state index in [1.807, 2.05) is 36.9 Å². The molecule has 0 aliphatic carbocycles. The number of rotatable bonds is 4. The lowest BCUT2D eigenvalue weighted by molar-refractivity contribution is -0.137. The highest BCUT2D eigenvalue weighted by molar-refractivity contribution is 8.01. The SMILES string of the molecule is CC1(C)SC[C@H](C(=O)N2CCN(C/C=C/c3ccccc3)CC2)NC1=O. The van der Waals surface area contributed by atoms with Crippen molar-refractivity contribution in [1.82, 2.24) is 15.1 Å². The lowest BCUT2D eigenvalue weighted by Gasteiger charge is -2.39. The molecule has 1 aromatic carbocycles. The number of nitrogens with zero attached hydrogens (tertiary/aromatic N) is 2. The van der Waals surface area contributed by atoms with E-state index in [-0.39, 0.29) is 17.9 Å². The lowest BCUT2D eigenvalue weighted by atomic mass is 10.1. The quantitative estimate of drug-likeness (QED) is 0.875. The van der Waals surface area contributed by atoms with Crippen LogP contribution in [0.2, 0.25) is 0 Å². The van der Waals surface area contributed by atoms with Crippen molar-refractivity contribution in [3.8, 4) is 0 Å². The first-order valence-corrected chi connectivity index (χ1v) is 10.1. The van der Waals surface area contributed by atoms with Gasteiger partial charge in [0.05, 0.1) is 4.75 Å². The van der Waals surface area contributed by atoms with Crippen molar-refractivity contribution in [2.24, 2.45) is 0 Å². The van der Waals surface area contributed by atoms with Crippen LogP contribution in [-0.4, -0.2) is 70.9 Å². The topological polar surface area (TPSA) is 52.7 Å². The molecule has 2 aliphatic heterocycles. The van der Waals surface area contributed by atoms with Crippen molar-refractivity contribution >= 4 is 29.7 Å². The molecule has 6 heteroatoms. The van der Waals surface area contributed by atoms with Gasteiger partial charge in [-0.05, 0) is 19.4 Å². The predicted molar refractivity (Wildman–Crippen MR) is 107 cm³/mol. The Hall–Kier alpha value is -1.79. The number of nitrogens with one attached hydrogen (secondary N) is 1. The third-order valence-corrected chi connectivity index (χ3v) is 6.33. The number of hydrogen-bond acceptors (Lipinski definition) is 4. The van der Waals surface area contributed by atoms with Crippen LogP contribution in [0.5, 0.6) is 0 Å². The lowest BCUT2D eigenvalue weighted by Crippen LogP contribution is -2.60. The van der Waals surface area contributed by atoms with Crippen LogP contribution in [0.15, 0.2) is 36.4 Å². The third-order valence-electron chi connectivity index (χ3n) is 4.92. The van der Waals surface area contributed by atoms with Gasteiger partial charge in [0.2, 0.25) is 11.8 Å². The minimum atomic E-state index is -0.444. The molecule has 0 saturated carbocycles. The molecular formula is C20H27N3O2S. The van der Waals surface area contributed by atoms with Crippen LogP contribution < -0.4 is 5.32 Å². The van der Waals surface area contributed by atoms with Crippen LogP contribution in [0, 0.1) is 0 Å². The molecule has 1 aromatic rings. The van der Waals surface area contributed by atoms with Crippen molar-refractivity contribution in [1.29, 1.82) is 0 Å². The molecule has 140 valence electrons. The Kier molecular flexibility index (Phi) is 6.04. The summed E-state index contributed by atoms with van der Waals surface area (Å²) in [5.41, 5.74) is 1.20. The van der Waals surface area contributed by atoms with Crippen LogP contribution in [0.3, 0.4) is 0 Å². The van der Waals surface area contributed by atoms with E-state index in [4.69, 9.17) is 0 Å². The predicted octanol–water partition coefficient (Wildman–Crippen LogP) is 1.85. The van der Waals surface area contributed by atoms with Crippen LogP contribution in [0.4, 0.5) is 0 Å². The number of amides is 2. The van der Waals surface area contributed by atoms with Gasteiger partial charge in [-0.1, -0.05) is 42.5 Å². The summed E-state index contributed by atoms with van der Waals surface area (Å²) in [6.07, 6.45) is 4.31. The normalized spacial score (nSPS) is 23.8. The molecule has 0 bridgehead atoms. The summed E-state index contributed by atoms with van der Waals surface area (Å²) in [6.45, 7) is 7.86. The maximum Gasteiger partial charge on any atom is 0.246 e. The highest BCUT2D eigenvalue weighted by Gasteiger charge is 2.39. The first kappa shape index (κ1) is 19.0. The van der Waals surface area contributed by atoms with Crippen LogP contribution in [0.25, 0.3) is 6.08 Å². The summed E-state index contributed by atoms with van der Waals surface area (Å²) in [5, 5.41) is 2.89. The Labute approximate surface area is 159 Å². The first-order valence-electron chi connectivity index (χ1n) is 9.13. The molecule has 2 amide bonds. The van der Waals surface area contributed by atoms with E-state index in [0.29, 0.717) is 5.75 Å². The van der Waals surface area contributed by atoms with Gasteiger partial charge in [0.25, 0.3) is 0 Å². The minimum absolute atomic E-state index is 0.0446. The number of thioether (sulfide) groups is 1. The Bertz CT molecular complexity index is 667. The highest BCUT2D eigenvalue weighted by atomic mass is 32.2. The van der Waals surface area contributed by atoms with E-state index in [2.05, 4.69) is 34.5 Å². The number of piperazine rings is 1. The Morgan fingerprint density at radius 1 is 1.23 bits per heavy atom. The molecule has 1 N–H and O–H groups in total. The second kappa shape index (κ2) is 8.27. The van der Waals surface area contributed by atoms with Gasteiger partial charge in [-0.3, -0.25) is 14.5 Å². The molecule has 26 heavy (non-hydrogen) atoms. The maximum atomic E-state index is 12.7. The zero-order valence-electron chi connectivity index (χ0n) is 15.5. The van der Waals surface area contributed by atoms with Crippen molar-refractivity contribution in [2.75, 3.05) is 38.5 Å². The zero-order chi connectivity index (χ0) is 18.6. The molecule has 2 fully saturated rings. The van der Waals surface area contributed by atoms with E-state index in [0.717, 1.165) is 32.7 Å². The smallest absolute Gasteiger partial charge is 0.246 e. The second-order valence-corrected chi connectivity index (χ2v) is 8.93. The summed E-state index contributed by atoms with van der Waals surface area (Å²) in [4.78, 5) is 29.0. The van der Waals surface area contributed by atoms with Gasteiger partial charge in [0, 0.05) is 38.5 Å². The van der Waals surface area contributed by atoms with Crippen molar-refractivity contribution in [3.63, 3.8) is 0 Å². The fourth-order valence-electron chi connectivity index (χ4n) is 3.14. The van der Waals surface area contributed by atoms with E-state index in [9.17, 15) is 9.59 Å². The second-order valence-electron chi connectivity index (χ2n) is 7.29. The van der Waals surface area contributed by atoms with Crippen LogP contribution >= 0.6 is 11.8 Å². The summed E-state index contributed by atoms with van der Waals surface area (Å²) in [7, 11) is 0. The van der Waals surface area contributed by atoms with Gasteiger partial charge in [-0.2, -0.15) is 0 Å². The molecule has 0 spiro atoms. The average Bonchev–Trinajstić information content (AvgIpc) is 2.65. The maximum absolute atomic E-state index is 12.7. The highest BCUT2D eigenvalue weighted by Crippen LogP contribution is 2.29. The van der Waals surface area contributed by atoms with E-state index < -0.39 is 4.75 Å². The van der Waals surface area contributed by atoms with Crippen molar-refractivity contribution in [2.45, 2.75) is 24.6 Å². The fraction of sp³-hybridized carbons (Fsp3) is 0.500. The van der Waals surface area contributed by atoms with Gasteiger partial charge in [0.15, 0.2) is 0 Å². The molecule has 0 aromatic heterocycles. The van der Waals surface area contributed by atoms with Crippen molar-refractivity contribution < 1.29 is 9.59 Å². The van der Waals surface area contributed by atoms with Gasteiger partial charge in [-0.15, -0.1) is 11.8 Å². The molecule has 5 nitrogen and oxygen atoms in total. The fourth-order valence-corrected chi connectivity index (χ4v) is 4.14. The minimum Gasteiger partial charge on any atom is -0.342 e. The van der Waals surface area contributed by atoms with E-state index in [1.165, 1.54) is 5.56 Å². The number of carbonyl (C=O) groups excluding carboxylic acids is 2. The molecule has 1 atom stereocenters. The average molecular weight is 374 g/mol. The van der Waals surface area contributed by atoms with Gasteiger partial charge >= 0.3 is 0 Å². The number of hydrogen-bond donors (Lipinski definition) is 1. The Morgan fingerprint density at radius 3 is 2.58 bits per heavy atom. The molecular weight excluding hydrogens is 346 g/mol. The molecule has 2 aliphatic rings. The number of benzene rings is 1. The standard InChI is InChI=1S/C20H27N3O2S/c1-20(2)19(25)21-17(15-26-20)18(24)23-13-11-22(12-14-23)10-6-9-16-7-4-3-5-8-16/h3-9,17H,10-15H2,1-2H3,(H,21,25)/b9-6+/t17-/m1/s1. The zero-order valence-corrected chi connectivity index (χ0v) is 16.3. The largest absolute Gasteiger partial charge is 0.342 e. The van der Waals surface area contributed by atoms with E-state index >= 15 is 0 Å². The van der Waals surface area contributed by atoms with E-state index in [1.54, 1.807) is 11.8 Å². The van der Waals surface area contributed by atoms with Crippen molar-refractivity contribution in [3.05, 3.63) is 42.0 Å². The number of carbonyl (C=O) groups is 2. The first-order chi connectivity index (χ1) is 12.5. The molecule has 0 radical (unpaired) electrons. The summed E-state index contributed by atoms with van der Waals surface area (Å²) in [5.74, 6) is 0.662. The summed E-state index contributed by atoms with van der Waals surface area (Å²) < 4.78 is -0.444. The molecule has 0 unspecified atom stereocenters. The Morgan fingerprint density at radius 2 is 1.92 bits per heavy atom. The van der Waals surface area contributed by atoms with Gasteiger partial charge < -0.3 is 10.2 Å². The molecule has 2 heterocycles. The Balaban J connectivity index is 1.44.